The lowest BCUT2D eigenvalue weighted by molar-refractivity contribution is 0.475. The van der Waals surface area contributed by atoms with Crippen LogP contribution in [0.4, 0.5) is 0 Å². The van der Waals surface area contributed by atoms with Crippen molar-refractivity contribution in [2.24, 2.45) is 0 Å². The summed E-state index contributed by atoms with van der Waals surface area (Å²) in [6, 6.07) is 19.0. The van der Waals surface area contributed by atoms with Crippen molar-refractivity contribution in [3.05, 3.63) is 70.9 Å². The summed E-state index contributed by atoms with van der Waals surface area (Å²) >= 11 is 0. The smallest absolute Gasteiger partial charge is 0.224 e. The third kappa shape index (κ3) is 1.37. The van der Waals surface area contributed by atoms with Crippen molar-refractivity contribution in [1.82, 2.24) is 4.40 Å². The average Bonchev–Trinajstić information content (AvgIpc) is 2.87. The molecule has 1 N–H and O–H groups in total. The standard InChI is InChI=1S/C17H11NO2/c19-15-10-13-8-4-7-12-9-14(11-5-2-1-3-6-11)16(17(15)20)18(12)13/h1-10,20H. The van der Waals surface area contributed by atoms with Gasteiger partial charge in [0.25, 0.3) is 0 Å². The Morgan fingerprint density at radius 3 is 2.30 bits per heavy atom. The molecule has 0 unspecified atom stereocenters. The first-order valence-electron chi connectivity index (χ1n) is 6.41. The van der Waals surface area contributed by atoms with Gasteiger partial charge in [-0.15, -0.1) is 0 Å². The van der Waals surface area contributed by atoms with Gasteiger partial charge in [0, 0.05) is 17.1 Å². The minimum atomic E-state index is -0.346. The van der Waals surface area contributed by atoms with E-state index >= 15 is 0 Å². The van der Waals surface area contributed by atoms with Gasteiger partial charge in [-0.3, -0.25) is 4.79 Å². The fourth-order valence-electron chi connectivity index (χ4n) is 2.75. The number of hydrogen-bond donors (Lipinski definition) is 1. The van der Waals surface area contributed by atoms with Crippen LogP contribution in [-0.4, -0.2) is 9.51 Å². The molecule has 0 aliphatic carbocycles. The van der Waals surface area contributed by atoms with Gasteiger partial charge in [0.1, 0.15) is 5.52 Å². The highest BCUT2D eigenvalue weighted by atomic mass is 16.3. The average molecular weight is 261 g/mol. The molecule has 3 heteroatoms. The molecule has 96 valence electrons. The zero-order chi connectivity index (χ0) is 13.7. The predicted molar refractivity (Wildman–Crippen MR) is 79.5 cm³/mol. The topological polar surface area (TPSA) is 41.7 Å². The second kappa shape index (κ2) is 3.84. The zero-order valence-electron chi connectivity index (χ0n) is 10.6. The number of hydrogen-bond acceptors (Lipinski definition) is 2. The number of aromatic nitrogens is 1. The summed E-state index contributed by atoms with van der Waals surface area (Å²) in [5.74, 6) is -0.192. The maximum Gasteiger partial charge on any atom is 0.224 e. The molecule has 0 amide bonds. The van der Waals surface area contributed by atoms with Gasteiger partial charge in [-0.1, -0.05) is 36.4 Å². The molecule has 0 saturated heterocycles. The van der Waals surface area contributed by atoms with Gasteiger partial charge in [-0.05, 0) is 23.8 Å². The van der Waals surface area contributed by atoms with Gasteiger partial charge in [-0.2, -0.15) is 0 Å². The molecule has 0 radical (unpaired) electrons. The molecule has 0 atom stereocenters. The van der Waals surface area contributed by atoms with Gasteiger partial charge in [0.05, 0.1) is 5.52 Å². The lowest BCUT2D eigenvalue weighted by atomic mass is 10.1. The normalized spacial score (nSPS) is 11.4. The van der Waals surface area contributed by atoms with Crippen LogP contribution in [0.3, 0.4) is 0 Å². The SMILES string of the molecule is O=c1cc2cccc3cc(-c4ccccc4)c(c1O)n32. The van der Waals surface area contributed by atoms with Gasteiger partial charge >= 0.3 is 0 Å². The zero-order valence-corrected chi connectivity index (χ0v) is 10.6. The Bertz CT molecular complexity index is 971. The quantitative estimate of drug-likeness (QED) is 0.571. The molecule has 20 heavy (non-hydrogen) atoms. The van der Waals surface area contributed by atoms with Crippen LogP contribution >= 0.6 is 0 Å². The summed E-state index contributed by atoms with van der Waals surface area (Å²) in [6.45, 7) is 0. The van der Waals surface area contributed by atoms with Crippen LogP contribution in [0.2, 0.25) is 0 Å². The Balaban J connectivity index is 2.26. The molecule has 3 heterocycles. The minimum Gasteiger partial charge on any atom is -0.503 e. The van der Waals surface area contributed by atoms with Crippen molar-refractivity contribution in [2.75, 3.05) is 0 Å². The Labute approximate surface area is 114 Å². The van der Waals surface area contributed by atoms with Crippen molar-refractivity contribution in [1.29, 1.82) is 0 Å². The van der Waals surface area contributed by atoms with E-state index in [2.05, 4.69) is 0 Å². The lowest BCUT2D eigenvalue weighted by Gasteiger charge is -2.05. The summed E-state index contributed by atoms with van der Waals surface area (Å²) < 4.78 is 1.92. The van der Waals surface area contributed by atoms with E-state index in [1.165, 1.54) is 6.07 Å². The molecule has 0 spiro atoms. The number of aromatic hydroxyl groups is 1. The van der Waals surface area contributed by atoms with Gasteiger partial charge in [-0.25, -0.2) is 0 Å². The van der Waals surface area contributed by atoms with E-state index in [0.717, 1.165) is 22.2 Å². The van der Waals surface area contributed by atoms with Crippen LogP contribution in [0.25, 0.3) is 27.7 Å². The van der Waals surface area contributed by atoms with E-state index in [0.29, 0.717) is 5.52 Å². The maximum absolute atomic E-state index is 11.9. The van der Waals surface area contributed by atoms with Gasteiger partial charge < -0.3 is 9.51 Å². The Kier molecular flexibility index (Phi) is 2.12. The summed E-state index contributed by atoms with van der Waals surface area (Å²) in [7, 11) is 0. The number of benzene rings is 1. The molecule has 1 aromatic carbocycles. The number of nitrogens with zero attached hydrogens (tertiary/aromatic N) is 1. The van der Waals surface area contributed by atoms with Crippen molar-refractivity contribution in [3.8, 4) is 16.9 Å². The molecular weight excluding hydrogens is 250 g/mol. The molecule has 0 fully saturated rings. The number of pyridine rings is 2. The van der Waals surface area contributed by atoms with Gasteiger partial charge in [0.2, 0.25) is 5.43 Å². The molecular formula is C17H11NO2. The van der Waals surface area contributed by atoms with E-state index < -0.39 is 0 Å². The minimum absolute atomic E-state index is 0.192. The highest BCUT2D eigenvalue weighted by Crippen LogP contribution is 2.34. The summed E-state index contributed by atoms with van der Waals surface area (Å²) in [5, 5.41) is 10.2. The Morgan fingerprint density at radius 2 is 1.55 bits per heavy atom. The second-order valence-electron chi connectivity index (χ2n) is 4.84. The third-order valence-corrected chi connectivity index (χ3v) is 3.64. The maximum atomic E-state index is 11.9. The molecule has 3 nitrogen and oxygen atoms in total. The van der Waals surface area contributed by atoms with E-state index in [9.17, 15) is 9.90 Å². The third-order valence-electron chi connectivity index (χ3n) is 3.64. The van der Waals surface area contributed by atoms with Crippen LogP contribution in [0.1, 0.15) is 0 Å². The van der Waals surface area contributed by atoms with E-state index in [1.807, 2.05) is 59.0 Å². The summed E-state index contributed by atoms with van der Waals surface area (Å²) in [6.07, 6.45) is 0. The number of rotatable bonds is 1. The first kappa shape index (κ1) is 11.1. The largest absolute Gasteiger partial charge is 0.503 e. The summed E-state index contributed by atoms with van der Waals surface area (Å²) in [5.41, 5.74) is 3.85. The van der Waals surface area contributed by atoms with Crippen molar-refractivity contribution in [2.45, 2.75) is 0 Å². The molecule has 0 saturated carbocycles. The first-order chi connectivity index (χ1) is 9.75. The Hall–Kier alpha value is -2.81. The molecule has 0 aliphatic rings. The van der Waals surface area contributed by atoms with Crippen LogP contribution in [0.15, 0.2) is 65.5 Å². The molecule has 4 rings (SSSR count). The summed E-state index contributed by atoms with van der Waals surface area (Å²) in [4.78, 5) is 11.9. The van der Waals surface area contributed by atoms with E-state index in [1.54, 1.807) is 0 Å². The van der Waals surface area contributed by atoms with Crippen molar-refractivity contribution in [3.63, 3.8) is 0 Å². The van der Waals surface area contributed by atoms with Crippen LogP contribution in [-0.2, 0) is 0 Å². The van der Waals surface area contributed by atoms with E-state index in [4.69, 9.17) is 0 Å². The van der Waals surface area contributed by atoms with Crippen molar-refractivity contribution < 1.29 is 5.11 Å². The van der Waals surface area contributed by atoms with Gasteiger partial charge in [0.15, 0.2) is 5.75 Å². The van der Waals surface area contributed by atoms with Crippen molar-refractivity contribution >= 4 is 16.6 Å². The molecule has 3 aromatic heterocycles. The van der Waals surface area contributed by atoms with Crippen LogP contribution in [0, 0.1) is 0 Å². The van der Waals surface area contributed by atoms with E-state index in [-0.39, 0.29) is 11.2 Å². The second-order valence-corrected chi connectivity index (χ2v) is 4.84. The fraction of sp³-hybridized carbons (Fsp3) is 0. The molecule has 0 bridgehead atoms. The first-order valence-corrected chi connectivity index (χ1v) is 6.41. The Morgan fingerprint density at radius 1 is 0.850 bits per heavy atom. The fourth-order valence-corrected chi connectivity index (χ4v) is 2.75. The highest BCUT2D eigenvalue weighted by Gasteiger charge is 2.15. The predicted octanol–water partition coefficient (Wildman–Crippen LogP) is 3.26. The van der Waals surface area contributed by atoms with Crippen LogP contribution < -0.4 is 5.43 Å². The lowest BCUT2D eigenvalue weighted by Crippen LogP contribution is -2.02. The molecule has 4 aromatic rings. The molecule has 0 aliphatic heterocycles. The highest BCUT2D eigenvalue weighted by molar-refractivity contribution is 5.93. The monoisotopic (exact) mass is 261 g/mol. The van der Waals surface area contributed by atoms with Crippen LogP contribution in [0.5, 0.6) is 5.75 Å².